The minimum absolute atomic E-state index is 0.146. The van der Waals surface area contributed by atoms with Gasteiger partial charge in [-0.2, -0.15) is 5.10 Å². The van der Waals surface area contributed by atoms with Crippen molar-refractivity contribution in [3.63, 3.8) is 0 Å². The molecule has 3 N–H and O–H groups in total. The van der Waals surface area contributed by atoms with Crippen molar-refractivity contribution >= 4 is 6.03 Å². The lowest BCUT2D eigenvalue weighted by atomic mass is 9.99. The van der Waals surface area contributed by atoms with E-state index in [-0.39, 0.29) is 18.1 Å². The summed E-state index contributed by atoms with van der Waals surface area (Å²) < 4.78 is 0. The van der Waals surface area contributed by atoms with Crippen LogP contribution >= 0.6 is 0 Å². The highest BCUT2D eigenvalue weighted by Gasteiger charge is 2.17. The Hall–Kier alpha value is -1.59. The molecule has 0 radical (unpaired) electrons. The first-order chi connectivity index (χ1) is 9.65. The molecule has 1 aromatic rings. The Balaban J connectivity index is 1.65. The topological polar surface area (TPSA) is 82.7 Å². The zero-order valence-corrected chi connectivity index (χ0v) is 12.4. The van der Waals surface area contributed by atoms with Gasteiger partial charge in [0.25, 0.3) is 0 Å². The van der Waals surface area contributed by atoms with Crippen molar-refractivity contribution in [2.45, 2.75) is 64.5 Å². The van der Waals surface area contributed by atoms with Crippen LogP contribution in [0.25, 0.3) is 0 Å². The third kappa shape index (κ3) is 4.51. The van der Waals surface area contributed by atoms with Gasteiger partial charge in [-0.1, -0.05) is 25.7 Å². The minimum Gasteiger partial charge on any atom is -0.336 e. The summed E-state index contributed by atoms with van der Waals surface area (Å²) >= 11 is 0. The van der Waals surface area contributed by atoms with Gasteiger partial charge in [-0.15, -0.1) is 0 Å². The first kappa shape index (κ1) is 14.8. The molecule has 0 unspecified atom stereocenters. The van der Waals surface area contributed by atoms with Crippen molar-refractivity contribution < 1.29 is 4.79 Å². The molecule has 0 spiro atoms. The Morgan fingerprint density at radius 2 is 2.15 bits per heavy atom. The molecule has 1 aromatic heterocycles. The van der Waals surface area contributed by atoms with E-state index in [1.54, 1.807) is 0 Å². The Morgan fingerprint density at radius 3 is 2.80 bits per heavy atom. The maximum absolute atomic E-state index is 11.9. The van der Waals surface area contributed by atoms with Crippen LogP contribution in [0.2, 0.25) is 0 Å². The normalized spacial score (nSPS) is 18.7. The summed E-state index contributed by atoms with van der Waals surface area (Å²) in [6, 6.07) is -0.107. The van der Waals surface area contributed by atoms with E-state index in [0.29, 0.717) is 5.82 Å². The second-order valence-electron chi connectivity index (χ2n) is 5.84. The van der Waals surface area contributed by atoms with Crippen LogP contribution in [0.3, 0.4) is 0 Å². The summed E-state index contributed by atoms with van der Waals surface area (Å²) in [7, 11) is 0. The number of urea groups is 1. The molecule has 1 fully saturated rings. The predicted molar refractivity (Wildman–Crippen MR) is 77.1 cm³/mol. The van der Waals surface area contributed by atoms with Crippen LogP contribution in [-0.4, -0.2) is 27.3 Å². The van der Waals surface area contributed by atoms with E-state index < -0.39 is 0 Å². The van der Waals surface area contributed by atoms with Crippen molar-refractivity contribution in [2.75, 3.05) is 0 Å². The smallest absolute Gasteiger partial charge is 0.315 e. The summed E-state index contributed by atoms with van der Waals surface area (Å²) in [4.78, 5) is 15.9. The fourth-order valence-corrected chi connectivity index (χ4v) is 2.81. The molecule has 112 valence electrons. The van der Waals surface area contributed by atoms with Crippen LogP contribution in [0, 0.1) is 5.92 Å². The maximum Gasteiger partial charge on any atom is 0.315 e. The first-order valence-corrected chi connectivity index (χ1v) is 7.57. The molecule has 0 aliphatic heterocycles. The molecule has 1 saturated carbocycles. The molecule has 2 amide bonds. The monoisotopic (exact) mass is 279 g/mol. The van der Waals surface area contributed by atoms with Gasteiger partial charge in [0.05, 0.1) is 6.04 Å². The number of aromatic amines is 1. The Morgan fingerprint density at radius 1 is 1.40 bits per heavy atom. The average molecular weight is 279 g/mol. The van der Waals surface area contributed by atoms with E-state index in [0.717, 1.165) is 12.3 Å². The van der Waals surface area contributed by atoms with Crippen molar-refractivity contribution in [1.82, 2.24) is 25.8 Å². The zero-order chi connectivity index (χ0) is 14.4. The summed E-state index contributed by atoms with van der Waals surface area (Å²) in [6.07, 6.45) is 9.19. The molecule has 0 bridgehead atoms. The number of amides is 2. The van der Waals surface area contributed by atoms with Crippen LogP contribution in [0.15, 0.2) is 6.33 Å². The van der Waals surface area contributed by atoms with Gasteiger partial charge in [0.2, 0.25) is 0 Å². The SMILES string of the molecule is C[C@H](CCC1CCCC1)NC(=O)N[C@@H](C)c1ncn[nH]1. The summed E-state index contributed by atoms with van der Waals surface area (Å²) in [5, 5.41) is 12.4. The fourth-order valence-electron chi connectivity index (χ4n) is 2.81. The number of nitrogens with zero attached hydrogens (tertiary/aromatic N) is 2. The van der Waals surface area contributed by atoms with Crippen LogP contribution in [-0.2, 0) is 0 Å². The van der Waals surface area contributed by atoms with Gasteiger partial charge in [-0.3, -0.25) is 5.10 Å². The van der Waals surface area contributed by atoms with E-state index in [4.69, 9.17) is 0 Å². The van der Waals surface area contributed by atoms with Crippen molar-refractivity contribution in [1.29, 1.82) is 0 Å². The lowest BCUT2D eigenvalue weighted by molar-refractivity contribution is 0.233. The van der Waals surface area contributed by atoms with Crippen LogP contribution < -0.4 is 10.6 Å². The van der Waals surface area contributed by atoms with Gasteiger partial charge in [0.15, 0.2) is 0 Å². The molecule has 20 heavy (non-hydrogen) atoms. The van der Waals surface area contributed by atoms with E-state index in [9.17, 15) is 4.79 Å². The molecule has 0 saturated heterocycles. The predicted octanol–water partition coefficient (Wildman–Crippen LogP) is 2.52. The van der Waals surface area contributed by atoms with Gasteiger partial charge >= 0.3 is 6.03 Å². The molecule has 6 nitrogen and oxygen atoms in total. The number of rotatable bonds is 6. The molecular formula is C14H25N5O. The Labute approximate surface area is 120 Å². The fraction of sp³-hybridized carbons (Fsp3) is 0.786. The highest BCUT2D eigenvalue weighted by Crippen LogP contribution is 2.28. The molecular weight excluding hydrogens is 254 g/mol. The maximum atomic E-state index is 11.9. The molecule has 1 aliphatic carbocycles. The van der Waals surface area contributed by atoms with E-state index >= 15 is 0 Å². The number of hydrogen-bond acceptors (Lipinski definition) is 3. The average Bonchev–Trinajstić information content (AvgIpc) is 3.09. The molecule has 0 aromatic carbocycles. The van der Waals surface area contributed by atoms with E-state index in [1.165, 1.54) is 38.4 Å². The van der Waals surface area contributed by atoms with Gasteiger partial charge in [-0.25, -0.2) is 9.78 Å². The largest absolute Gasteiger partial charge is 0.336 e. The lowest BCUT2D eigenvalue weighted by Gasteiger charge is -2.18. The molecule has 2 rings (SSSR count). The quantitative estimate of drug-likeness (QED) is 0.748. The summed E-state index contributed by atoms with van der Waals surface area (Å²) in [5.74, 6) is 1.54. The van der Waals surface area contributed by atoms with Crippen molar-refractivity contribution in [2.24, 2.45) is 5.92 Å². The number of hydrogen-bond donors (Lipinski definition) is 3. The number of carbonyl (C=O) groups is 1. The number of H-pyrrole nitrogens is 1. The summed E-state index contributed by atoms with van der Waals surface area (Å²) in [6.45, 7) is 3.94. The first-order valence-electron chi connectivity index (χ1n) is 7.57. The zero-order valence-electron chi connectivity index (χ0n) is 12.4. The van der Waals surface area contributed by atoms with Gasteiger partial charge in [0, 0.05) is 6.04 Å². The van der Waals surface area contributed by atoms with Gasteiger partial charge in [0.1, 0.15) is 12.2 Å². The van der Waals surface area contributed by atoms with E-state index in [2.05, 4.69) is 32.7 Å². The van der Waals surface area contributed by atoms with Crippen molar-refractivity contribution in [3.05, 3.63) is 12.2 Å². The number of aromatic nitrogens is 3. The molecule has 2 atom stereocenters. The van der Waals surface area contributed by atoms with Crippen LogP contribution in [0.4, 0.5) is 4.79 Å². The Bertz CT molecular complexity index is 400. The highest BCUT2D eigenvalue weighted by molar-refractivity contribution is 5.74. The third-order valence-corrected chi connectivity index (χ3v) is 4.05. The number of nitrogens with one attached hydrogen (secondary N) is 3. The second-order valence-corrected chi connectivity index (χ2v) is 5.84. The third-order valence-electron chi connectivity index (χ3n) is 4.05. The van der Waals surface area contributed by atoms with E-state index in [1.807, 2.05) is 6.92 Å². The standard InChI is InChI=1S/C14H25N5O/c1-10(7-8-12-5-3-4-6-12)17-14(20)18-11(2)13-15-9-16-19-13/h9-12H,3-8H2,1-2H3,(H,15,16,19)(H2,17,18,20)/t10-,11+/m1/s1. The molecule has 1 heterocycles. The highest BCUT2D eigenvalue weighted by atomic mass is 16.2. The second kappa shape index (κ2) is 7.26. The number of carbonyl (C=O) groups excluding carboxylic acids is 1. The van der Waals surface area contributed by atoms with Crippen molar-refractivity contribution in [3.8, 4) is 0 Å². The molecule has 1 aliphatic rings. The van der Waals surface area contributed by atoms with Gasteiger partial charge < -0.3 is 10.6 Å². The minimum atomic E-state index is -0.167. The van der Waals surface area contributed by atoms with Crippen LogP contribution in [0.1, 0.15) is 64.2 Å². The lowest BCUT2D eigenvalue weighted by Crippen LogP contribution is -2.42. The van der Waals surface area contributed by atoms with Gasteiger partial charge in [-0.05, 0) is 32.6 Å². The molecule has 6 heteroatoms. The van der Waals surface area contributed by atoms with Crippen LogP contribution in [0.5, 0.6) is 0 Å². The summed E-state index contributed by atoms with van der Waals surface area (Å²) in [5.41, 5.74) is 0. The Kier molecular flexibility index (Phi) is 5.38.